The van der Waals surface area contributed by atoms with Crippen LogP contribution in [-0.4, -0.2) is 16.5 Å². The number of hydrogen-bond acceptors (Lipinski definition) is 4. The molecule has 4 heteroatoms. The first-order valence-electron chi connectivity index (χ1n) is 6.98. The van der Waals surface area contributed by atoms with Gasteiger partial charge in [0.25, 0.3) is 0 Å². The third kappa shape index (κ3) is 4.03. The van der Waals surface area contributed by atoms with Crippen LogP contribution in [0.2, 0.25) is 0 Å². The Balaban J connectivity index is 1.98. The molecule has 0 atom stereocenters. The highest BCUT2D eigenvalue weighted by atomic mass is 16.5. The summed E-state index contributed by atoms with van der Waals surface area (Å²) in [6.07, 6.45) is 3.57. The van der Waals surface area contributed by atoms with Gasteiger partial charge in [-0.3, -0.25) is 0 Å². The molecule has 0 bridgehead atoms. The fraction of sp³-hybridized carbons (Fsp3) is 0.375. The van der Waals surface area contributed by atoms with Crippen LogP contribution in [0.1, 0.15) is 37.8 Å². The monoisotopic (exact) mass is 271 g/mol. The van der Waals surface area contributed by atoms with E-state index in [9.17, 15) is 0 Å². The average molecular weight is 271 g/mol. The van der Waals surface area contributed by atoms with E-state index in [1.165, 1.54) is 5.56 Å². The topological polar surface area (TPSA) is 47.0 Å². The minimum absolute atomic E-state index is 0.377. The second-order valence-corrected chi connectivity index (χ2v) is 4.98. The summed E-state index contributed by atoms with van der Waals surface area (Å²) in [4.78, 5) is 8.42. The molecule has 1 aromatic heterocycles. The smallest absolute Gasteiger partial charge is 0.321 e. The summed E-state index contributed by atoms with van der Waals surface area (Å²) in [6, 6.07) is 8.41. The molecule has 1 heterocycles. The molecule has 1 aromatic carbocycles. The maximum absolute atomic E-state index is 5.63. The molecule has 2 rings (SSSR count). The highest BCUT2D eigenvalue weighted by Gasteiger charge is 2.03. The van der Waals surface area contributed by atoms with Crippen molar-refractivity contribution in [3.05, 3.63) is 47.8 Å². The largest absolute Gasteiger partial charge is 0.424 e. The van der Waals surface area contributed by atoms with E-state index < -0.39 is 0 Å². The lowest BCUT2D eigenvalue weighted by atomic mass is 10.0. The lowest BCUT2D eigenvalue weighted by Gasteiger charge is -2.07. The Hall–Kier alpha value is -1.94. The predicted molar refractivity (Wildman–Crippen MR) is 80.0 cm³/mol. The van der Waals surface area contributed by atoms with Gasteiger partial charge in [0.1, 0.15) is 5.75 Å². The third-order valence-electron chi connectivity index (χ3n) is 3.02. The van der Waals surface area contributed by atoms with Crippen LogP contribution in [-0.2, 0) is 6.54 Å². The molecule has 0 aliphatic carbocycles. The van der Waals surface area contributed by atoms with Gasteiger partial charge in [-0.25, -0.2) is 9.97 Å². The SMILES string of the molecule is CCNCc1cnc(Oc2ccc(C(C)C)cc2)nc1. The average Bonchev–Trinajstić information content (AvgIpc) is 2.47. The van der Waals surface area contributed by atoms with Crippen molar-refractivity contribution in [2.24, 2.45) is 0 Å². The van der Waals surface area contributed by atoms with Crippen molar-refractivity contribution in [2.45, 2.75) is 33.2 Å². The number of ether oxygens (including phenoxy) is 1. The van der Waals surface area contributed by atoms with E-state index in [0.717, 1.165) is 24.4 Å². The first-order valence-corrected chi connectivity index (χ1v) is 6.98. The summed E-state index contributed by atoms with van der Waals surface area (Å²) in [6.45, 7) is 8.11. The van der Waals surface area contributed by atoms with Crippen LogP contribution in [0.3, 0.4) is 0 Å². The number of hydrogen-bond donors (Lipinski definition) is 1. The quantitative estimate of drug-likeness (QED) is 0.873. The van der Waals surface area contributed by atoms with Gasteiger partial charge in [0.15, 0.2) is 0 Å². The van der Waals surface area contributed by atoms with E-state index >= 15 is 0 Å². The summed E-state index contributed by atoms with van der Waals surface area (Å²) >= 11 is 0. The zero-order chi connectivity index (χ0) is 14.4. The normalized spacial score (nSPS) is 10.8. The number of rotatable bonds is 6. The summed E-state index contributed by atoms with van der Waals surface area (Å²) in [7, 11) is 0. The van der Waals surface area contributed by atoms with Crippen LogP contribution in [0.15, 0.2) is 36.7 Å². The van der Waals surface area contributed by atoms with Crippen molar-refractivity contribution in [1.29, 1.82) is 0 Å². The highest BCUT2D eigenvalue weighted by Crippen LogP contribution is 2.21. The van der Waals surface area contributed by atoms with Crippen molar-refractivity contribution in [3.8, 4) is 11.8 Å². The molecule has 2 aromatic rings. The molecule has 0 amide bonds. The molecule has 4 nitrogen and oxygen atoms in total. The molecule has 0 fully saturated rings. The van der Waals surface area contributed by atoms with Gasteiger partial charge in [0.05, 0.1) is 0 Å². The van der Waals surface area contributed by atoms with Crippen molar-refractivity contribution >= 4 is 0 Å². The molecule has 0 unspecified atom stereocenters. The number of benzene rings is 1. The zero-order valence-corrected chi connectivity index (χ0v) is 12.3. The second-order valence-electron chi connectivity index (χ2n) is 4.98. The van der Waals surface area contributed by atoms with Crippen LogP contribution in [0, 0.1) is 0 Å². The molecule has 0 aliphatic heterocycles. The van der Waals surface area contributed by atoms with E-state index in [0.29, 0.717) is 11.9 Å². The summed E-state index contributed by atoms with van der Waals surface area (Å²) < 4.78 is 5.63. The lowest BCUT2D eigenvalue weighted by molar-refractivity contribution is 0.440. The van der Waals surface area contributed by atoms with Crippen molar-refractivity contribution in [3.63, 3.8) is 0 Å². The number of aromatic nitrogens is 2. The summed E-state index contributed by atoms with van der Waals surface area (Å²) in [5.41, 5.74) is 2.34. The van der Waals surface area contributed by atoms with E-state index in [2.05, 4.69) is 48.2 Å². The van der Waals surface area contributed by atoms with Gasteiger partial charge >= 0.3 is 6.01 Å². The molecule has 20 heavy (non-hydrogen) atoms. The van der Waals surface area contributed by atoms with Crippen LogP contribution in [0.25, 0.3) is 0 Å². The molecular weight excluding hydrogens is 250 g/mol. The van der Waals surface area contributed by atoms with Gasteiger partial charge in [-0.05, 0) is 30.2 Å². The van der Waals surface area contributed by atoms with Gasteiger partial charge in [0.2, 0.25) is 0 Å². The highest BCUT2D eigenvalue weighted by molar-refractivity contribution is 5.30. The van der Waals surface area contributed by atoms with Crippen LogP contribution in [0.4, 0.5) is 0 Å². The van der Waals surface area contributed by atoms with Crippen molar-refractivity contribution in [2.75, 3.05) is 6.54 Å². The molecular formula is C16H21N3O. The Bertz CT molecular complexity index is 520. The Labute approximate surface area is 120 Å². The number of nitrogens with zero attached hydrogens (tertiary/aromatic N) is 2. The third-order valence-corrected chi connectivity index (χ3v) is 3.02. The second kappa shape index (κ2) is 7.01. The van der Waals surface area contributed by atoms with Crippen molar-refractivity contribution in [1.82, 2.24) is 15.3 Å². The van der Waals surface area contributed by atoms with Gasteiger partial charge in [-0.2, -0.15) is 0 Å². The lowest BCUT2D eigenvalue weighted by Crippen LogP contribution is -2.12. The Morgan fingerprint density at radius 1 is 1.10 bits per heavy atom. The van der Waals surface area contributed by atoms with Gasteiger partial charge in [0, 0.05) is 24.5 Å². The van der Waals surface area contributed by atoms with Crippen LogP contribution >= 0.6 is 0 Å². The fourth-order valence-electron chi connectivity index (χ4n) is 1.78. The Morgan fingerprint density at radius 3 is 2.30 bits per heavy atom. The molecule has 1 N–H and O–H groups in total. The van der Waals surface area contributed by atoms with Crippen molar-refractivity contribution < 1.29 is 4.74 Å². The minimum Gasteiger partial charge on any atom is -0.424 e. The van der Waals surface area contributed by atoms with Gasteiger partial charge < -0.3 is 10.1 Å². The Kier molecular flexibility index (Phi) is 5.07. The predicted octanol–water partition coefficient (Wildman–Crippen LogP) is 3.50. The summed E-state index contributed by atoms with van der Waals surface area (Å²) in [5, 5.41) is 3.23. The Morgan fingerprint density at radius 2 is 1.75 bits per heavy atom. The molecule has 0 saturated carbocycles. The molecule has 0 radical (unpaired) electrons. The fourth-order valence-corrected chi connectivity index (χ4v) is 1.78. The molecule has 0 saturated heterocycles. The maximum atomic E-state index is 5.63. The molecule has 0 aliphatic rings. The maximum Gasteiger partial charge on any atom is 0.321 e. The van der Waals surface area contributed by atoms with Crippen LogP contribution in [0.5, 0.6) is 11.8 Å². The minimum atomic E-state index is 0.377. The van der Waals surface area contributed by atoms with E-state index in [-0.39, 0.29) is 0 Å². The molecule has 106 valence electrons. The first kappa shape index (κ1) is 14.5. The standard InChI is InChI=1S/C16H21N3O/c1-4-17-9-13-10-18-16(19-11-13)20-15-7-5-14(6-8-15)12(2)3/h5-8,10-12,17H,4,9H2,1-3H3. The van der Waals surface area contributed by atoms with E-state index in [1.54, 1.807) is 12.4 Å². The van der Waals surface area contributed by atoms with Crippen LogP contribution < -0.4 is 10.1 Å². The van der Waals surface area contributed by atoms with Gasteiger partial charge in [-0.1, -0.05) is 32.9 Å². The first-order chi connectivity index (χ1) is 9.69. The summed E-state index contributed by atoms with van der Waals surface area (Å²) in [5.74, 6) is 1.28. The molecule has 0 spiro atoms. The number of nitrogens with one attached hydrogen (secondary N) is 1. The van der Waals surface area contributed by atoms with E-state index in [1.807, 2.05) is 12.1 Å². The zero-order valence-electron chi connectivity index (χ0n) is 12.3. The van der Waals surface area contributed by atoms with E-state index in [4.69, 9.17) is 4.74 Å². The van der Waals surface area contributed by atoms with Gasteiger partial charge in [-0.15, -0.1) is 0 Å².